The summed E-state index contributed by atoms with van der Waals surface area (Å²) >= 11 is 5.85. The minimum absolute atomic E-state index is 0.0414. The van der Waals surface area contributed by atoms with Gasteiger partial charge in [-0.2, -0.15) is 0 Å². The Labute approximate surface area is 126 Å². The summed E-state index contributed by atoms with van der Waals surface area (Å²) in [4.78, 5) is 28.4. The Balaban J connectivity index is 2.86. The lowest BCUT2D eigenvalue weighted by atomic mass is 10.3. The fourth-order valence-electron chi connectivity index (χ4n) is 2.06. The third kappa shape index (κ3) is 2.62. The lowest BCUT2D eigenvalue weighted by molar-refractivity contribution is 0.601. The van der Waals surface area contributed by atoms with E-state index >= 15 is 0 Å². The molecule has 6 nitrogen and oxygen atoms in total. The molecule has 0 fully saturated rings. The zero-order valence-corrected chi connectivity index (χ0v) is 12.3. The summed E-state index contributed by atoms with van der Waals surface area (Å²) in [5.41, 5.74) is 5.18. The topological polar surface area (TPSA) is 82.4 Å². The van der Waals surface area contributed by atoms with Crippen molar-refractivity contribution >= 4 is 29.8 Å². The van der Waals surface area contributed by atoms with Crippen molar-refractivity contribution in [1.29, 1.82) is 0 Å². The molecule has 0 atom stereocenters. The minimum atomic E-state index is -0.547. The molecule has 0 spiro atoms. The molecule has 21 heavy (non-hydrogen) atoms. The Bertz CT molecular complexity index is 790. The molecule has 0 radical (unpaired) electrons. The van der Waals surface area contributed by atoms with Gasteiger partial charge in [-0.15, -0.1) is 0 Å². The first-order chi connectivity index (χ1) is 10.0. The van der Waals surface area contributed by atoms with E-state index in [4.69, 9.17) is 17.3 Å². The first-order valence-electron chi connectivity index (χ1n) is 6.39. The molecule has 0 bridgehead atoms. The molecule has 110 valence electrons. The molecule has 0 aliphatic carbocycles. The van der Waals surface area contributed by atoms with Gasteiger partial charge in [0, 0.05) is 11.6 Å². The third-order valence-electron chi connectivity index (χ3n) is 3.03. The highest BCUT2D eigenvalue weighted by Gasteiger charge is 2.17. The third-order valence-corrected chi connectivity index (χ3v) is 3.28. The predicted molar refractivity (Wildman–Crippen MR) is 85.2 cm³/mol. The molecule has 2 aromatic rings. The van der Waals surface area contributed by atoms with E-state index in [-0.39, 0.29) is 18.1 Å². The van der Waals surface area contributed by atoms with Gasteiger partial charge in [0.15, 0.2) is 5.82 Å². The predicted octanol–water partition coefficient (Wildman–Crippen LogP) is 1.98. The number of nitrogens with zero attached hydrogens (tertiary/aromatic N) is 3. The van der Waals surface area contributed by atoms with E-state index in [1.165, 1.54) is 4.57 Å². The Hall–Kier alpha value is -2.34. The second kappa shape index (κ2) is 5.97. The van der Waals surface area contributed by atoms with Crippen molar-refractivity contribution in [3.8, 4) is 5.69 Å². The number of aliphatic imine (C=N–C) groups is 1. The molecule has 7 heteroatoms. The van der Waals surface area contributed by atoms with Gasteiger partial charge in [0.2, 0.25) is 0 Å². The Morgan fingerprint density at radius 1 is 1.29 bits per heavy atom. The van der Waals surface area contributed by atoms with E-state index in [9.17, 15) is 9.59 Å². The molecule has 0 amide bonds. The number of benzene rings is 1. The fraction of sp³-hybridized carbons (Fsp3) is 0.214. The standard InChI is InChI=1S/C14H15ClN4O2/c1-3-8-18-13(20)11(16)12(17-2)19(14(18)21)10-6-4-9(15)5-7-10/h4-7H,2-3,8,16H2,1H3. The largest absolute Gasteiger partial charge is 0.391 e. The number of hydrogen-bond acceptors (Lipinski definition) is 4. The van der Waals surface area contributed by atoms with Gasteiger partial charge in [0.25, 0.3) is 5.56 Å². The van der Waals surface area contributed by atoms with Crippen LogP contribution in [0.5, 0.6) is 0 Å². The highest BCUT2D eigenvalue weighted by Crippen LogP contribution is 2.21. The van der Waals surface area contributed by atoms with Crippen LogP contribution in [-0.4, -0.2) is 15.9 Å². The van der Waals surface area contributed by atoms with Crippen LogP contribution < -0.4 is 17.0 Å². The first kappa shape index (κ1) is 15.1. The molecule has 0 saturated heterocycles. The van der Waals surface area contributed by atoms with Crippen LogP contribution in [0.1, 0.15) is 13.3 Å². The second-order valence-electron chi connectivity index (χ2n) is 4.45. The molecule has 0 aliphatic rings. The van der Waals surface area contributed by atoms with Gasteiger partial charge >= 0.3 is 5.69 Å². The minimum Gasteiger partial charge on any atom is -0.391 e. The molecule has 0 aliphatic heterocycles. The summed E-state index contributed by atoms with van der Waals surface area (Å²) in [6.45, 7) is 5.54. The zero-order chi connectivity index (χ0) is 15.6. The monoisotopic (exact) mass is 306 g/mol. The fourth-order valence-corrected chi connectivity index (χ4v) is 2.19. The van der Waals surface area contributed by atoms with Crippen LogP contribution in [0.4, 0.5) is 11.5 Å². The number of anilines is 1. The van der Waals surface area contributed by atoms with Crippen LogP contribution in [0.15, 0.2) is 38.8 Å². The van der Waals surface area contributed by atoms with Gasteiger partial charge in [0.1, 0.15) is 5.69 Å². The van der Waals surface area contributed by atoms with Crippen molar-refractivity contribution in [3.05, 3.63) is 50.1 Å². The molecule has 2 rings (SSSR count). The maximum atomic E-state index is 12.5. The summed E-state index contributed by atoms with van der Waals surface area (Å²) in [6, 6.07) is 6.58. The average Bonchev–Trinajstić information content (AvgIpc) is 2.48. The summed E-state index contributed by atoms with van der Waals surface area (Å²) in [5.74, 6) is 0.0414. The van der Waals surface area contributed by atoms with Crippen molar-refractivity contribution in [2.75, 3.05) is 5.73 Å². The smallest absolute Gasteiger partial charge is 0.337 e. The quantitative estimate of drug-likeness (QED) is 0.877. The van der Waals surface area contributed by atoms with Crippen molar-refractivity contribution in [1.82, 2.24) is 9.13 Å². The average molecular weight is 307 g/mol. The van der Waals surface area contributed by atoms with Crippen molar-refractivity contribution in [3.63, 3.8) is 0 Å². The summed E-state index contributed by atoms with van der Waals surface area (Å²) in [5, 5.41) is 0.537. The maximum absolute atomic E-state index is 12.5. The lowest BCUT2D eigenvalue weighted by Gasteiger charge is -2.14. The molecular formula is C14H15ClN4O2. The first-order valence-corrected chi connectivity index (χ1v) is 6.77. The number of nitrogen functional groups attached to an aromatic ring is 1. The summed E-state index contributed by atoms with van der Waals surface area (Å²) in [7, 11) is 0. The molecule has 0 unspecified atom stereocenters. The van der Waals surface area contributed by atoms with E-state index in [0.29, 0.717) is 17.1 Å². The molecule has 0 saturated carbocycles. The van der Waals surface area contributed by atoms with Gasteiger partial charge in [-0.3, -0.25) is 9.36 Å². The maximum Gasteiger partial charge on any atom is 0.337 e. The van der Waals surface area contributed by atoms with E-state index in [0.717, 1.165) is 4.57 Å². The molecule has 1 heterocycles. The highest BCUT2D eigenvalue weighted by molar-refractivity contribution is 6.30. The Kier molecular flexibility index (Phi) is 4.28. The van der Waals surface area contributed by atoms with Gasteiger partial charge < -0.3 is 5.73 Å². The molecule has 1 aromatic heterocycles. The van der Waals surface area contributed by atoms with Gasteiger partial charge in [0.05, 0.1) is 5.69 Å². The van der Waals surface area contributed by atoms with Crippen LogP contribution in [-0.2, 0) is 6.54 Å². The van der Waals surface area contributed by atoms with E-state index < -0.39 is 11.2 Å². The van der Waals surface area contributed by atoms with E-state index in [1.807, 2.05) is 6.92 Å². The lowest BCUT2D eigenvalue weighted by Crippen LogP contribution is -2.40. The van der Waals surface area contributed by atoms with E-state index in [1.54, 1.807) is 24.3 Å². The van der Waals surface area contributed by atoms with Gasteiger partial charge in [-0.25, -0.2) is 14.4 Å². The number of halogens is 1. The van der Waals surface area contributed by atoms with Crippen LogP contribution in [0, 0.1) is 0 Å². The van der Waals surface area contributed by atoms with Crippen LogP contribution in [0.3, 0.4) is 0 Å². The zero-order valence-electron chi connectivity index (χ0n) is 11.5. The number of hydrogen-bond donors (Lipinski definition) is 1. The Morgan fingerprint density at radius 3 is 2.43 bits per heavy atom. The molecule has 2 N–H and O–H groups in total. The van der Waals surface area contributed by atoms with Crippen LogP contribution in [0.2, 0.25) is 5.02 Å². The van der Waals surface area contributed by atoms with Gasteiger partial charge in [-0.1, -0.05) is 18.5 Å². The summed E-state index contributed by atoms with van der Waals surface area (Å²) < 4.78 is 2.36. The molecule has 1 aromatic carbocycles. The number of rotatable bonds is 4. The number of nitrogens with two attached hydrogens (primary N) is 1. The van der Waals surface area contributed by atoms with Crippen molar-refractivity contribution in [2.45, 2.75) is 19.9 Å². The SMILES string of the molecule is C=Nc1c(N)c(=O)n(CCC)c(=O)n1-c1ccc(Cl)cc1. The van der Waals surface area contributed by atoms with Gasteiger partial charge in [-0.05, 0) is 37.4 Å². The molecular weight excluding hydrogens is 292 g/mol. The van der Waals surface area contributed by atoms with Crippen LogP contribution >= 0.6 is 11.6 Å². The van der Waals surface area contributed by atoms with Crippen molar-refractivity contribution in [2.24, 2.45) is 4.99 Å². The van der Waals surface area contributed by atoms with Crippen molar-refractivity contribution < 1.29 is 0 Å². The summed E-state index contributed by atoms with van der Waals surface area (Å²) in [6.07, 6.45) is 0.635. The normalized spacial score (nSPS) is 10.6. The van der Waals surface area contributed by atoms with E-state index in [2.05, 4.69) is 11.7 Å². The number of aromatic nitrogens is 2. The Morgan fingerprint density at radius 2 is 1.90 bits per heavy atom. The van der Waals surface area contributed by atoms with Crippen LogP contribution in [0.25, 0.3) is 5.69 Å². The highest BCUT2D eigenvalue weighted by atomic mass is 35.5. The second-order valence-corrected chi connectivity index (χ2v) is 4.88.